The molecule has 0 atom stereocenters. The maximum atomic E-state index is 2.28. The second kappa shape index (κ2) is 4.75. The van der Waals surface area contributed by atoms with Crippen molar-refractivity contribution in [2.24, 2.45) is 0 Å². The molecule has 0 radical (unpaired) electrons. The second-order valence-electron chi connectivity index (χ2n) is 5.59. The van der Waals surface area contributed by atoms with Gasteiger partial charge in [-0.2, -0.15) is 0 Å². The predicted molar refractivity (Wildman–Crippen MR) is 91.6 cm³/mol. The minimum Gasteiger partial charge on any atom is -0.0622 e. The fourth-order valence-corrected chi connectivity index (χ4v) is 2.98. The number of aryl methyl sites for hydroxylation is 1. The first-order valence-corrected chi connectivity index (χ1v) is 7.30. The highest BCUT2D eigenvalue weighted by molar-refractivity contribution is 6.08. The van der Waals surface area contributed by atoms with Gasteiger partial charge in [0.05, 0.1) is 0 Å². The normalized spacial score (nSPS) is 11.1. The summed E-state index contributed by atoms with van der Waals surface area (Å²) in [5, 5.41) is 5.28. The molecule has 0 aromatic heterocycles. The molecule has 0 aliphatic heterocycles. The van der Waals surface area contributed by atoms with Gasteiger partial charge in [0.1, 0.15) is 0 Å². The first-order chi connectivity index (χ1) is 10.3. The van der Waals surface area contributed by atoms with Crippen LogP contribution in [0.25, 0.3) is 32.7 Å². The van der Waals surface area contributed by atoms with Gasteiger partial charge in [0.2, 0.25) is 0 Å². The van der Waals surface area contributed by atoms with Crippen molar-refractivity contribution in [3.05, 3.63) is 84.4 Å². The molecule has 0 saturated carbocycles. The Morgan fingerprint density at radius 1 is 0.524 bits per heavy atom. The van der Waals surface area contributed by atoms with Crippen LogP contribution in [-0.4, -0.2) is 0 Å². The van der Waals surface area contributed by atoms with Crippen molar-refractivity contribution in [1.82, 2.24) is 0 Å². The lowest BCUT2D eigenvalue weighted by atomic mass is 9.97. The van der Waals surface area contributed by atoms with Crippen LogP contribution in [-0.2, 0) is 0 Å². The highest BCUT2D eigenvalue weighted by atomic mass is 14.1. The van der Waals surface area contributed by atoms with Crippen LogP contribution in [0.15, 0.2) is 78.9 Å². The number of hydrogen-bond donors (Lipinski definition) is 0. The standard InChI is InChI=1S/C21H16/c1-15-7-8-17-9-10-19-14-18(16-5-3-2-4-6-16)11-12-20(19)21(17)13-15/h2-14H,1H3. The lowest BCUT2D eigenvalue weighted by Crippen LogP contribution is -1.82. The molecule has 0 spiro atoms. The third-order valence-electron chi connectivity index (χ3n) is 4.10. The molecule has 0 heterocycles. The van der Waals surface area contributed by atoms with Gasteiger partial charge in [0.25, 0.3) is 0 Å². The maximum absolute atomic E-state index is 2.28. The quantitative estimate of drug-likeness (QED) is 0.373. The van der Waals surface area contributed by atoms with E-state index in [1.54, 1.807) is 0 Å². The van der Waals surface area contributed by atoms with E-state index in [1.807, 2.05) is 0 Å². The number of benzene rings is 4. The average molecular weight is 268 g/mol. The minimum absolute atomic E-state index is 1.27. The van der Waals surface area contributed by atoms with E-state index < -0.39 is 0 Å². The van der Waals surface area contributed by atoms with Crippen LogP contribution in [0.4, 0.5) is 0 Å². The van der Waals surface area contributed by atoms with Crippen molar-refractivity contribution in [3.63, 3.8) is 0 Å². The molecule has 0 aliphatic rings. The Hall–Kier alpha value is -2.60. The van der Waals surface area contributed by atoms with E-state index in [0.717, 1.165) is 0 Å². The first-order valence-electron chi connectivity index (χ1n) is 7.30. The smallest absolute Gasteiger partial charge is 0.0103 e. The molecule has 4 aromatic carbocycles. The molecule has 4 rings (SSSR count). The third-order valence-corrected chi connectivity index (χ3v) is 4.10. The third kappa shape index (κ3) is 2.09. The molecular weight excluding hydrogens is 252 g/mol. The molecule has 4 aromatic rings. The van der Waals surface area contributed by atoms with Gasteiger partial charge in [-0.3, -0.25) is 0 Å². The summed E-state index contributed by atoms with van der Waals surface area (Å²) in [7, 11) is 0. The Kier molecular flexibility index (Phi) is 2.75. The minimum atomic E-state index is 1.27. The summed E-state index contributed by atoms with van der Waals surface area (Å²) < 4.78 is 0. The van der Waals surface area contributed by atoms with Crippen molar-refractivity contribution in [2.45, 2.75) is 6.92 Å². The Morgan fingerprint density at radius 2 is 1.29 bits per heavy atom. The van der Waals surface area contributed by atoms with E-state index >= 15 is 0 Å². The number of fused-ring (bicyclic) bond motifs is 3. The molecule has 0 amide bonds. The molecular formula is C21H16. The summed E-state index contributed by atoms with van der Waals surface area (Å²) in [4.78, 5) is 0. The lowest BCUT2D eigenvalue weighted by molar-refractivity contribution is 1.51. The van der Waals surface area contributed by atoms with E-state index in [2.05, 4.69) is 85.8 Å². The zero-order chi connectivity index (χ0) is 14.2. The highest BCUT2D eigenvalue weighted by Gasteiger charge is 2.03. The molecule has 0 aliphatic carbocycles. The Balaban J connectivity index is 1.99. The average Bonchev–Trinajstić information content (AvgIpc) is 2.55. The molecule has 0 unspecified atom stereocenters. The van der Waals surface area contributed by atoms with Gasteiger partial charge in [-0.1, -0.05) is 78.4 Å². The van der Waals surface area contributed by atoms with Gasteiger partial charge >= 0.3 is 0 Å². The first kappa shape index (κ1) is 12.2. The molecule has 0 bridgehead atoms. The van der Waals surface area contributed by atoms with Crippen molar-refractivity contribution in [3.8, 4) is 11.1 Å². The molecule has 0 nitrogen and oxygen atoms in total. The Bertz CT molecular complexity index is 934. The Morgan fingerprint density at radius 3 is 2.14 bits per heavy atom. The summed E-state index contributed by atoms with van der Waals surface area (Å²) in [6.07, 6.45) is 0. The van der Waals surface area contributed by atoms with Gasteiger partial charge in [-0.25, -0.2) is 0 Å². The molecule has 21 heavy (non-hydrogen) atoms. The van der Waals surface area contributed by atoms with Crippen LogP contribution in [0.2, 0.25) is 0 Å². The van der Waals surface area contributed by atoms with Gasteiger partial charge in [-0.05, 0) is 45.7 Å². The van der Waals surface area contributed by atoms with E-state index in [1.165, 1.54) is 38.2 Å². The van der Waals surface area contributed by atoms with Crippen molar-refractivity contribution in [1.29, 1.82) is 0 Å². The summed E-state index contributed by atoms with van der Waals surface area (Å²) in [5.74, 6) is 0. The van der Waals surface area contributed by atoms with E-state index in [-0.39, 0.29) is 0 Å². The number of rotatable bonds is 1. The zero-order valence-corrected chi connectivity index (χ0v) is 12.0. The Labute approximate surface area is 124 Å². The van der Waals surface area contributed by atoms with Gasteiger partial charge < -0.3 is 0 Å². The monoisotopic (exact) mass is 268 g/mol. The fraction of sp³-hybridized carbons (Fsp3) is 0.0476. The van der Waals surface area contributed by atoms with Crippen molar-refractivity contribution in [2.75, 3.05) is 0 Å². The summed E-state index contributed by atoms with van der Waals surface area (Å²) >= 11 is 0. The highest BCUT2D eigenvalue weighted by Crippen LogP contribution is 2.30. The van der Waals surface area contributed by atoms with E-state index in [9.17, 15) is 0 Å². The molecule has 0 saturated heterocycles. The maximum Gasteiger partial charge on any atom is -0.0103 e. The second-order valence-corrected chi connectivity index (χ2v) is 5.59. The van der Waals surface area contributed by atoms with Crippen molar-refractivity contribution < 1.29 is 0 Å². The van der Waals surface area contributed by atoms with Crippen LogP contribution in [0, 0.1) is 6.92 Å². The van der Waals surface area contributed by atoms with Gasteiger partial charge in [0, 0.05) is 0 Å². The van der Waals surface area contributed by atoms with Gasteiger partial charge in [-0.15, -0.1) is 0 Å². The molecule has 100 valence electrons. The van der Waals surface area contributed by atoms with Gasteiger partial charge in [0.15, 0.2) is 0 Å². The SMILES string of the molecule is Cc1ccc2ccc3cc(-c4ccccc4)ccc3c2c1. The predicted octanol–water partition coefficient (Wildman–Crippen LogP) is 5.97. The topological polar surface area (TPSA) is 0 Å². The fourth-order valence-electron chi connectivity index (χ4n) is 2.98. The van der Waals surface area contributed by atoms with Crippen LogP contribution >= 0.6 is 0 Å². The summed E-state index contributed by atoms with van der Waals surface area (Å²) in [6, 6.07) is 28.4. The van der Waals surface area contributed by atoms with Crippen LogP contribution < -0.4 is 0 Å². The van der Waals surface area contributed by atoms with Crippen LogP contribution in [0.5, 0.6) is 0 Å². The molecule has 0 heteroatoms. The van der Waals surface area contributed by atoms with E-state index in [0.29, 0.717) is 0 Å². The van der Waals surface area contributed by atoms with Crippen LogP contribution in [0.3, 0.4) is 0 Å². The van der Waals surface area contributed by atoms with Crippen molar-refractivity contribution >= 4 is 21.5 Å². The summed E-state index contributed by atoms with van der Waals surface area (Å²) in [6.45, 7) is 2.15. The summed E-state index contributed by atoms with van der Waals surface area (Å²) in [5.41, 5.74) is 3.85. The molecule has 0 fully saturated rings. The van der Waals surface area contributed by atoms with E-state index in [4.69, 9.17) is 0 Å². The lowest BCUT2D eigenvalue weighted by Gasteiger charge is -2.08. The zero-order valence-electron chi connectivity index (χ0n) is 12.0. The number of hydrogen-bond acceptors (Lipinski definition) is 0. The largest absolute Gasteiger partial charge is 0.0622 e. The molecule has 0 N–H and O–H groups in total. The van der Waals surface area contributed by atoms with Crippen LogP contribution in [0.1, 0.15) is 5.56 Å².